The number of aromatic amines is 1. The van der Waals surface area contributed by atoms with Gasteiger partial charge >= 0.3 is 0 Å². The summed E-state index contributed by atoms with van der Waals surface area (Å²) in [6.45, 7) is 4.38. The maximum Gasteiger partial charge on any atom is 0.0454 e. The molecule has 2 rings (SSSR count). The van der Waals surface area contributed by atoms with E-state index in [9.17, 15) is 0 Å². The summed E-state index contributed by atoms with van der Waals surface area (Å²) < 4.78 is 0. The van der Waals surface area contributed by atoms with E-state index in [0.29, 0.717) is 0 Å². The zero-order valence-corrected chi connectivity index (χ0v) is 9.38. The van der Waals surface area contributed by atoms with Crippen molar-refractivity contribution in [2.75, 3.05) is 0 Å². The van der Waals surface area contributed by atoms with E-state index in [2.05, 4.69) is 43.1 Å². The average molecular weight is 199 g/mol. The largest absolute Gasteiger partial charge is 0.361 e. The summed E-state index contributed by atoms with van der Waals surface area (Å²) in [7, 11) is 0. The first-order chi connectivity index (χ1) is 7.29. The molecule has 0 saturated heterocycles. The highest BCUT2D eigenvalue weighted by atomic mass is 14.7. The smallest absolute Gasteiger partial charge is 0.0454 e. The van der Waals surface area contributed by atoms with Crippen molar-refractivity contribution in [2.24, 2.45) is 0 Å². The zero-order chi connectivity index (χ0) is 10.7. The number of rotatable bonds is 3. The molecular formula is C14H17N. The van der Waals surface area contributed by atoms with Gasteiger partial charge in [0.1, 0.15) is 0 Å². The fraction of sp³-hybridized carbons (Fsp3) is 0.286. The van der Waals surface area contributed by atoms with Gasteiger partial charge in [0.05, 0.1) is 0 Å². The van der Waals surface area contributed by atoms with E-state index in [1.807, 2.05) is 12.3 Å². The molecule has 1 N–H and O–H groups in total. The van der Waals surface area contributed by atoms with Crippen molar-refractivity contribution in [1.29, 1.82) is 0 Å². The van der Waals surface area contributed by atoms with Gasteiger partial charge in [-0.15, -0.1) is 0 Å². The fourth-order valence-corrected chi connectivity index (χ4v) is 1.96. The number of benzene rings is 1. The molecule has 0 unspecified atom stereocenters. The summed E-state index contributed by atoms with van der Waals surface area (Å²) >= 11 is 0. The highest BCUT2D eigenvalue weighted by Crippen LogP contribution is 2.21. The molecule has 1 aromatic carbocycles. The zero-order valence-electron chi connectivity index (χ0n) is 9.38. The van der Waals surface area contributed by atoms with Crippen LogP contribution in [0.1, 0.15) is 24.5 Å². The number of aryl methyl sites for hydroxylation is 2. The Labute approximate surface area is 91.2 Å². The Hall–Kier alpha value is -1.50. The summed E-state index contributed by atoms with van der Waals surface area (Å²) in [6, 6.07) is 10.9. The first kappa shape index (κ1) is 10.0. The number of hydrogen-bond acceptors (Lipinski definition) is 0. The third-order valence-corrected chi connectivity index (χ3v) is 2.58. The molecule has 0 atom stereocenters. The van der Waals surface area contributed by atoms with Gasteiger partial charge in [-0.05, 0) is 48.7 Å². The van der Waals surface area contributed by atoms with Crippen LogP contribution >= 0.6 is 0 Å². The molecule has 0 amide bonds. The van der Waals surface area contributed by atoms with Gasteiger partial charge in [0.25, 0.3) is 0 Å². The molecule has 1 nitrogen and oxygen atoms in total. The lowest BCUT2D eigenvalue weighted by Gasteiger charge is -2.05. The molecule has 0 radical (unpaired) electrons. The Morgan fingerprint density at radius 2 is 2.07 bits per heavy atom. The van der Waals surface area contributed by atoms with Crippen molar-refractivity contribution in [2.45, 2.75) is 26.7 Å². The first-order valence-corrected chi connectivity index (χ1v) is 5.54. The lowest BCUT2D eigenvalue weighted by molar-refractivity contribution is 0.920. The van der Waals surface area contributed by atoms with Crippen molar-refractivity contribution in [3.05, 3.63) is 47.7 Å². The second kappa shape index (κ2) is 4.35. The van der Waals surface area contributed by atoms with E-state index in [0.717, 1.165) is 6.42 Å². The van der Waals surface area contributed by atoms with Crippen LogP contribution in [0.2, 0.25) is 0 Å². The van der Waals surface area contributed by atoms with Crippen molar-refractivity contribution in [3.8, 4) is 11.3 Å². The molecule has 1 aromatic heterocycles. The van der Waals surface area contributed by atoms with Crippen LogP contribution in [-0.4, -0.2) is 4.98 Å². The maximum atomic E-state index is 3.25. The molecule has 0 saturated carbocycles. The number of nitrogens with one attached hydrogen (secondary N) is 1. The summed E-state index contributed by atoms with van der Waals surface area (Å²) in [6.07, 6.45) is 4.33. The second-order valence-electron chi connectivity index (χ2n) is 4.04. The topological polar surface area (TPSA) is 15.8 Å². The minimum absolute atomic E-state index is 1.16. The van der Waals surface area contributed by atoms with E-state index in [1.165, 1.54) is 28.8 Å². The lowest BCUT2D eigenvalue weighted by Crippen LogP contribution is -1.87. The molecule has 0 aliphatic rings. The van der Waals surface area contributed by atoms with E-state index in [4.69, 9.17) is 0 Å². The Morgan fingerprint density at radius 1 is 1.20 bits per heavy atom. The standard InChI is InChI=1S/C14H17N/c1-3-5-12-8-11(2)9-13(10-12)14-6-4-7-15-14/h4,6-10,15H,3,5H2,1-2H3. The quantitative estimate of drug-likeness (QED) is 0.770. The van der Waals surface area contributed by atoms with Gasteiger partial charge in [-0.2, -0.15) is 0 Å². The molecule has 1 heteroatoms. The Balaban J connectivity index is 2.40. The van der Waals surface area contributed by atoms with Crippen molar-refractivity contribution in [1.82, 2.24) is 4.98 Å². The van der Waals surface area contributed by atoms with Crippen LogP contribution in [0, 0.1) is 6.92 Å². The predicted molar refractivity (Wildman–Crippen MR) is 65.0 cm³/mol. The molecular weight excluding hydrogens is 182 g/mol. The lowest BCUT2D eigenvalue weighted by atomic mass is 10.0. The Kier molecular flexibility index (Phi) is 2.91. The summed E-state index contributed by atoms with van der Waals surface area (Å²) in [5.74, 6) is 0. The van der Waals surface area contributed by atoms with Gasteiger partial charge in [0, 0.05) is 11.9 Å². The first-order valence-electron chi connectivity index (χ1n) is 5.54. The van der Waals surface area contributed by atoms with E-state index in [1.54, 1.807) is 0 Å². The van der Waals surface area contributed by atoms with Crippen molar-refractivity contribution in [3.63, 3.8) is 0 Å². The van der Waals surface area contributed by atoms with Gasteiger partial charge in [-0.3, -0.25) is 0 Å². The molecule has 0 bridgehead atoms. The highest BCUT2D eigenvalue weighted by Gasteiger charge is 2.01. The monoisotopic (exact) mass is 199 g/mol. The summed E-state index contributed by atoms with van der Waals surface area (Å²) in [4.78, 5) is 3.25. The van der Waals surface area contributed by atoms with Crippen molar-refractivity contribution < 1.29 is 0 Å². The van der Waals surface area contributed by atoms with Gasteiger partial charge in [-0.1, -0.05) is 25.0 Å². The van der Waals surface area contributed by atoms with Crippen LogP contribution in [0.25, 0.3) is 11.3 Å². The molecule has 15 heavy (non-hydrogen) atoms. The van der Waals surface area contributed by atoms with E-state index >= 15 is 0 Å². The number of hydrogen-bond donors (Lipinski definition) is 1. The van der Waals surface area contributed by atoms with E-state index < -0.39 is 0 Å². The second-order valence-corrected chi connectivity index (χ2v) is 4.04. The maximum absolute atomic E-state index is 3.25. The van der Waals surface area contributed by atoms with Gasteiger partial charge in [0.15, 0.2) is 0 Å². The van der Waals surface area contributed by atoms with E-state index in [-0.39, 0.29) is 0 Å². The van der Waals surface area contributed by atoms with Crippen LogP contribution in [0.5, 0.6) is 0 Å². The molecule has 0 aliphatic heterocycles. The summed E-state index contributed by atoms with van der Waals surface area (Å²) in [5.41, 5.74) is 5.27. The molecule has 0 spiro atoms. The highest BCUT2D eigenvalue weighted by molar-refractivity contribution is 5.61. The van der Waals surface area contributed by atoms with Crippen LogP contribution in [0.3, 0.4) is 0 Å². The molecule has 0 aliphatic carbocycles. The van der Waals surface area contributed by atoms with Crippen LogP contribution in [-0.2, 0) is 6.42 Å². The van der Waals surface area contributed by atoms with Gasteiger partial charge in [0.2, 0.25) is 0 Å². The average Bonchev–Trinajstić information content (AvgIpc) is 2.70. The van der Waals surface area contributed by atoms with Gasteiger partial charge in [-0.25, -0.2) is 0 Å². The number of aromatic nitrogens is 1. The van der Waals surface area contributed by atoms with Gasteiger partial charge < -0.3 is 4.98 Å². The minimum Gasteiger partial charge on any atom is -0.361 e. The SMILES string of the molecule is CCCc1cc(C)cc(-c2ccc[nH]2)c1. The van der Waals surface area contributed by atoms with Crippen LogP contribution in [0.15, 0.2) is 36.5 Å². The fourth-order valence-electron chi connectivity index (χ4n) is 1.96. The number of H-pyrrole nitrogens is 1. The normalized spacial score (nSPS) is 10.5. The predicted octanol–water partition coefficient (Wildman–Crippen LogP) is 3.94. The molecule has 2 aromatic rings. The van der Waals surface area contributed by atoms with Crippen LogP contribution < -0.4 is 0 Å². The molecule has 78 valence electrons. The van der Waals surface area contributed by atoms with Crippen molar-refractivity contribution >= 4 is 0 Å². The molecule has 1 heterocycles. The summed E-state index contributed by atoms with van der Waals surface area (Å²) in [5, 5.41) is 0. The minimum atomic E-state index is 1.16. The third kappa shape index (κ3) is 2.30. The Morgan fingerprint density at radius 3 is 2.73 bits per heavy atom. The molecule has 0 fully saturated rings. The Bertz CT molecular complexity index is 427. The van der Waals surface area contributed by atoms with Crippen LogP contribution in [0.4, 0.5) is 0 Å². The third-order valence-electron chi connectivity index (χ3n) is 2.58.